The number of anilines is 1. The van der Waals surface area contributed by atoms with Gasteiger partial charge in [0.1, 0.15) is 5.82 Å². The summed E-state index contributed by atoms with van der Waals surface area (Å²) in [6.45, 7) is 7.25. The highest BCUT2D eigenvalue weighted by atomic mass is 15.0. The summed E-state index contributed by atoms with van der Waals surface area (Å²) in [6, 6.07) is 0. The third-order valence-corrected chi connectivity index (χ3v) is 2.67. The van der Waals surface area contributed by atoms with E-state index >= 15 is 0 Å². The molecule has 0 fully saturated rings. The molecule has 70 valence electrons. The van der Waals surface area contributed by atoms with Crippen LogP contribution in [0.4, 0.5) is 5.82 Å². The Morgan fingerprint density at radius 2 is 1.92 bits per heavy atom. The van der Waals surface area contributed by atoms with Gasteiger partial charge in [-0.05, 0) is 20.3 Å². The molecule has 0 bridgehead atoms. The van der Waals surface area contributed by atoms with Crippen molar-refractivity contribution in [1.82, 2.24) is 9.97 Å². The lowest BCUT2D eigenvalue weighted by atomic mass is 10.00. The van der Waals surface area contributed by atoms with Crippen LogP contribution in [-0.4, -0.2) is 16.5 Å². The van der Waals surface area contributed by atoms with Crippen molar-refractivity contribution in [2.75, 3.05) is 11.9 Å². The molecule has 0 amide bonds. The van der Waals surface area contributed by atoms with Gasteiger partial charge >= 0.3 is 0 Å². The topological polar surface area (TPSA) is 37.8 Å². The smallest absolute Gasteiger partial charge is 0.148 e. The van der Waals surface area contributed by atoms with Gasteiger partial charge in [0, 0.05) is 12.5 Å². The Kier molecular flexibility index (Phi) is 1.94. The van der Waals surface area contributed by atoms with Crippen molar-refractivity contribution >= 4 is 5.82 Å². The molecule has 1 aliphatic heterocycles. The maximum atomic E-state index is 4.57. The molecule has 13 heavy (non-hydrogen) atoms. The first-order chi connectivity index (χ1) is 6.18. The molecule has 1 unspecified atom stereocenters. The van der Waals surface area contributed by atoms with Crippen LogP contribution in [0.2, 0.25) is 0 Å². The van der Waals surface area contributed by atoms with Crippen molar-refractivity contribution in [1.29, 1.82) is 0 Å². The quantitative estimate of drug-likeness (QED) is 0.658. The Morgan fingerprint density at radius 1 is 1.23 bits per heavy atom. The van der Waals surface area contributed by atoms with E-state index in [9.17, 15) is 0 Å². The molecular formula is C10H15N3. The molecular weight excluding hydrogens is 162 g/mol. The minimum Gasteiger partial charge on any atom is -0.369 e. The van der Waals surface area contributed by atoms with Gasteiger partial charge in [-0.1, -0.05) is 6.92 Å². The Morgan fingerprint density at radius 3 is 2.69 bits per heavy atom. The number of nitrogens with one attached hydrogen (secondary N) is 1. The van der Waals surface area contributed by atoms with Crippen molar-refractivity contribution in [2.45, 2.75) is 33.1 Å². The molecule has 0 radical (unpaired) electrons. The zero-order valence-electron chi connectivity index (χ0n) is 8.39. The first kappa shape index (κ1) is 8.48. The van der Waals surface area contributed by atoms with E-state index in [1.807, 2.05) is 13.8 Å². The monoisotopic (exact) mass is 177 g/mol. The van der Waals surface area contributed by atoms with Crippen molar-refractivity contribution in [3.8, 4) is 0 Å². The van der Waals surface area contributed by atoms with Crippen LogP contribution < -0.4 is 5.32 Å². The maximum Gasteiger partial charge on any atom is 0.148 e. The van der Waals surface area contributed by atoms with Gasteiger partial charge in [-0.2, -0.15) is 0 Å². The van der Waals surface area contributed by atoms with Crippen LogP contribution in [0.3, 0.4) is 0 Å². The highest BCUT2D eigenvalue weighted by Gasteiger charge is 2.19. The van der Waals surface area contributed by atoms with Crippen LogP contribution in [0.1, 0.15) is 36.3 Å². The molecule has 0 saturated carbocycles. The van der Waals surface area contributed by atoms with E-state index in [1.54, 1.807) is 0 Å². The zero-order valence-corrected chi connectivity index (χ0v) is 8.39. The molecule has 3 heteroatoms. The Bertz CT molecular complexity index is 333. The fourth-order valence-corrected chi connectivity index (χ4v) is 1.64. The van der Waals surface area contributed by atoms with E-state index in [2.05, 4.69) is 22.2 Å². The van der Waals surface area contributed by atoms with Gasteiger partial charge in [0.25, 0.3) is 0 Å². The van der Waals surface area contributed by atoms with Gasteiger partial charge in [0.2, 0.25) is 0 Å². The summed E-state index contributed by atoms with van der Waals surface area (Å²) in [7, 11) is 0. The first-order valence-electron chi connectivity index (χ1n) is 4.77. The molecule has 1 aromatic heterocycles. The van der Waals surface area contributed by atoms with Crippen LogP contribution in [0.25, 0.3) is 0 Å². The largest absolute Gasteiger partial charge is 0.369 e. The summed E-state index contributed by atoms with van der Waals surface area (Å²) >= 11 is 0. The highest BCUT2D eigenvalue weighted by molar-refractivity contribution is 5.45. The van der Waals surface area contributed by atoms with Crippen LogP contribution in [-0.2, 0) is 0 Å². The third kappa shape index (κ3) is 1.39. The fourth-order valence-electron chi connectivity index (χ4n) is 1.64. The van der Waals surface area contributed by atoms with E-state index in [0.29, 0.717) is 5.92 Å². The van der Waals surface area contributed by atoms with Gasteiger partial charge in [-0.15, -0.1) is 0 Å². The summed E-state index contributed by atoms with van der Waals surface area (Å²) in [4.78, 5) is 9.06. The molecule has 1 aliphatic rings. The summed E-state index contributed by atoms with van der Waals surface area (Å²) < 4.78 is 0. The number of aryl methyl sites for hydroxylation is 2. The number of aromatic nitrogens is 2. The van der Waals surface area contributed by atoms with Crippen LogP contribution in [0.15, 0.2) is 0 Å². The Labute approximate surface area is 78.6 Å². The number of rotatable bonds is 0. The van der Waals surface area contributed by atoms with Crippen LogP contribution in [0.5, 0.6) is 0 Å². The van der Waals surface area contributed by atoms with Crippen LogP contribution in [0, 0.1) is 13.8 Å². The lowest BCUT2D eigenvalue weighted by Crippen LogP contribution is -2.19. The van der Waals surface area contributed by atoms with Gasteiger partial charge in [0.15, 0.2) is 0 Å². The Hall–Kier alpha value is -1.12. The van der Waals surface area contributed by atoms with Gasteiger partial charge in [-0.3, -0.25) is 4.98 Å². The third-order valence-electron chi connectivity index (χ3n) is 2.67. The van der Waals surface area contributed by atoms with Crippen LogP contribution >= 0.6 is 0 Å². The molecule has 2 heterocycles. The van der Waals surface area contributed by atoms with Gasteiger partial charge in [-0.25, -0.2) is 4.98 Å². The molecule has 1 aromatic rings. The molecule has 0 spiro atoms. The Balaban J connectivity index is 2.52. The molecule has 1 N–H and O–H groups in total. The first-order valence-corrected chi connectivity index (χ1v) is 4.77. The molecule has 0 saturated heterocycles. The van der Waals surface area contributed by atoms with E-state index in [1.165, 1.54) is 0 Å². The predicted octanol–water partition coefficient (Wildman–Crippen LogP) is 2.01. The molecule has 3 nitrogen and oxygen atoms in total. The van der Waals surface area contributed by atoms with E-state index < -0.39 is 0 Å². The average molecular weight is 177 g/mol. The van der Waals surface area contributed by atoms with E-state index in [-0.39, 0.29) is 0 Å². The van der Waals surface area contributed by atoms with E-state index in [4.69, 9.17) is 0 Å². The highest BCUT2D eigenvalue weighted by Crippen LogP contribution is 2.28. The van der Waals surface area contributed by atoms with Crippen molar-refractivity contribution in [3.05, 3.63) is 17.1 Å². The number of hydrogen-bond acceptors (Lipinski definition) is 3. The number of fused-ring (bicyclic) bond motifs is 1. The van der Waals surface area contributed by atoms with Crippen molar-refractivity contribution < 1.29 is 0 Å². The minimum absolute atomic E-state index is 0.544. The molecule has 0 aliphatic carbocycles. The summed E-state index contributed by atoms with van der Waals surface area (Å²) in [6.07, 6.45) is 1.16. The molecule has 0 aromatic carbocycles. The predicted molar refractivity (Wildman–Crippen MR) is 53.0 cm³/mol. The lowest BCUT2D eigenvalue weighted by Gasteiger charge is -2.22. The molecule has 1 atom stereocenters. The van der Waals surface area contributed by atoms with Crippen molar-refractivity contribution in [2.24, 2.45) is 0 Å². The SMILES string of the molecule is Cc1nc2c(nc1C)C(C)CCN2. The summed E-state index contributed by atoms with van der Waals surface area (Å²) in [5, 5.41) is 3.29. The summed E-state index contributed by atoms with van der Waals surface area (Å²) in [5.74, 6) is 1.53. The van der Waals surface area contributed by atoms with E-state index in [0.717, 1.165) is 35.9 Å². The molecule has 2 rings (SSSR count). The second-order valence-corrected chi connectivity index (χ2v) is 3.74. The number of hydrogen-bond donors (Lipinski definition) is 1. The average Bonchev–Trinajstić information content (AvgIpc) is 2.09. The second kappa shape index (κ2) is 2.98. The minimum atomic E-state index is 0.544. The van der Waals surface area contributed by atoms with Gasteiger partial charge < -0.3 is 5.32 Å². The summed E-state index contributed by atoms with van der Waals surface area (Å²) in [5.41, 5.74) is 3.21. The van der Waals surface area contributed by atoms with Gasteiger partial charge in [0.05, 0.1) is 17.1 Å². The number of nitrogens with zero attached hydrogens (tertiary/aromatic N) is 2. The normalized spacial score (nSPS) is 20.7. The fraction of sp³-hybridized carbons (Fsp3) is 0.600. The van der Waals surface area contributed by atoms with Crippen molar-refractivity contribution in [3.63, 3.8) is 0 Å². The lowest BCUT2D eigenvalue weighted by molar-refractivity contribution is 0.649. The maximum absolute atomic E-state index is 4.57. The second-order valence-electron chi connectivity index (χ2n) is 3.74. The zero-order chi connectivity index (χ0) is 9.42. The standard InChI is InChI=1S/C10H15N3/c1-6-4-5-11-10-9(6)12-7(2)8(3)13-10/h6H,4-5H2,1-3H3,(H,11,13).